The van der Waals surface area contributed by atoms with E-state index in [1.54, 1.807) is 12.1 Å². The predicted octanol–water partition coefficient (Wildman–Crippen LogP) is 3.56. The molecule has 1 saturated heterocycles. The molecule has 0 spiro atoms. The number of carbonyl (C=O) groups excluding carboxylic acids is 1. The van der Waals surface area contributed by atoms with Crippen molar-refractivity contribution in [2.75, 3.05) is 26.2 Å². The number of likely N-dealkylation sites (tertiary alicyclic amines) is 1. The smallest absolute Gasteiger partial charge is 0.227 e. The molecular weight excluding hydrogens is 364 g/mol. The highest BCUT2D eigenvalue weighted by Gasteiger charge is 2.15. The molecule has 7 heteroatoms. The zero-order chi connectivity index (χ0) is 19.1. The average Bonchev–Trinajstić information content (AvgIpc) is 3.14. The van der Waals surface area contributed by atoms with Crippen molar-refractivity contribution in [2.24, 2.45) is 5.92 Å². The van der Waals surface area contributed by atoms with E-state index in [2.05, 4.69) is 27.3 Å². The van der Waals surface area contributed by atoms with Gasteiger partial charge in [0.25, 0.3) is 0 Å². The van der Waals surface area contributed by atoms with Crippen LogP contribution in [0.4, 0.5) is 0 Å². The van der Waals surface area contributed by atoms with E-state index >= 15 is 0 Å². The van der Waals surface area contributed by atoms with Crippen LogP contribution in [0.3, 0.4) is 0 Å². The van der Waals surface area contributed by atoms with Crippen molar-refractivity contribution in [2.45, 2.75) is 39.0 Å². The molecule has 1 fully saturated rings. The van der Waals surface area contributed by atoms with Gasteiger partial charge in [-0.25, -0.2) is 0 Å². The lowest BCUT2D eigenvalue weighted by Gasteiger charge is -2.30. The molecule has 0 aliphatic carbocycles. The third-order valence-electron chi connectivity index (χ3n) is 4.99. The topological polar surface area (TPSA) is 71.3 Å². The van der Waals surface area contributed by atoms with Crippen LogP contribution in [0.15, 0.2) is 28.8 Å². The number of nitrogens with one attached hydrogen (secondary N) is 1. The number of hydrogen-bond acceptors (Lipinski definition) is 5. The average molecular weight is 391 g/mol. The first-order valence-corrected chi connectivity index (χ1v) is 10.1. The van der Waals surface area contributed by atoms with Crippen molar-refractivity contribution in [3.8, 4) is 11.4 Å². The standard InChI is InChI=1S/C20H27ClN4O2/c1-15-9-13-25(14-10-15)12-2-11-22-18(26)7-8-19-23-20(24-27-19)16-3-5-17(21)6-4-16/h3-6,15H,2,7-14H2,1H3,(H,22,26). The fourth-order valence-electron chi connectivity index (χ4n) is 3.20. The molecule has 146 valence electrons. The summed E-state index contributed by atoms with van der Waals surface area (Å²) >= 11 is 5.88. The SMILES string of the molecule is CC1CCN(CCCNC(=O)CCc2nc(-c3ccc(Cl)cc3)no2)CC1. The number of hydrogen-bond donors (Lipinski definition) is 1. The molecule has 0 atom stereocenters. The number of rotatable bonds is 8. The molecule has 1 amide bonds. The summed E-state index contributed by atoms with van der Waals surface area (Å²) in [7, 11) is 0. The van der Waals surface area contributed by atoms with Crippen LogP contribution in [0.5, 0.6) is 0 Å². The van der Waals surface area contributed by atoms with Gasteiger partial charge in [-0.3, -0.25) is 4.79 Å². The Kier molecular flexibility index (Phi) is 7.24. The summed E-state index contributed by atoms with van der Waals surface area (Å²) in [5, 5.41) is 7.60. The van der Waals surface area contributed by atoms with Gasteiger partial charge in [0.2, 0.25) is 17.6 Å². The number of amides is 1. The molecule has 1 aliphatic rings. The van der Waals surface area contributed by atoms with Crippen molar-refractivity contribution in [3.05, 3.63) is 35.2 Å². The predicted molar refractivity (Wildman–Crippen MR) is 106 cm³/mol. The minimum absolute atomic E-state index is 0.0218. The molecule has 2 heterocycles. The molecule has 0 radical (unpaired) electrons. The van der Waals surface area contributed by atoms with Crippen LogP contribution in [0.1, 0.15) is 38.5 Å². The normalized spacial score (nSPS) is 15.8. The molecule has 0 bridgehead atoms. The van der Waals surface area contributed by atoms with E-state index in [4.69, 9.17) is 16.1 Å². The van der Waals surface area contributed by atoms with Gasteiger partial charge in [0, 0.05) is 30.0 Å². The van der Waals surface area contributed by atoms with Gasteiger partial charge in [-0.05, 0) is 69.1 Å². The summed E-state index contributed by atoms with van der Waals surface area (Å²) < 4.78 is 5.23. The zero-order valence-corrected chi connectivity index (χ0v) is 16.5. The Labute approximate surface area is 165 Å². The molecule has 2 aromatic rings. The van der Waals surface area contributed by atoms with Crippen molar-refractivity contribution in [1.29, 1.82) is 0 Å². The van der Waals surface area contributed by atoms with E-state index in [0.717, 1.165) is 24.4 Å². The number of aromatic nitrogens is 2. The maximum Gasteiger partial charge on any atom is 0.227 e. The van der Waals surface area contributed by atoms with Crippen molar-refractivity contribution in [3.63, 3.8) is 0 Å². The van der Waals surface area contributed by atoms with Gasteiger partial charge < -0.3 is 14.7 Å². The summed E-state index contributed by atoms with van der Waals surface area (Å²) in [6.07, 6.45) is 4.35. The summed E-state index contributed by atoms with van der Waals surface area (Å²) in [6, 6.07) is 7.25. The van der Waals surface area contributed by atoms with E-state index < -0.39 is 0 Å². The monoisotopic (exact) mass is 390 g/mol. The van der Waals surface area contributed by atoms with Crippen LogP contribution >= 0.6 is 11.6 Å². The molecule has 1 aliphatic heterocycles. The number of carbonyl (C=O) groups is 1. The lowest BCUT2D eigenvalue weighted by atomic mass is 9.99. The molecule has 1 N–H and O–H groups in total. The van der Waals surface area contributed by atoms with Gasteiger partial charge in [0.15, 0.2) is 0 Å². The maximum atomic E-state index is 12.0. The molecular formula is C20H27ClN4O2. The Morgan fingerprint density at radius 3 is 2.78 bits per heavy atom. The second kappa shape index (κ2) is 9.85. The summed E-state index contributed by atoms with van der Waals surface area (Å²) in [4.78, 5) is 18.8. The minimum Gasteiger partial charge on any atom is -0.356 e. The number of halogens is 1. The maximum absolute atomic E-state index is 12.0. The van der Waals surface area contributed by atoms with Crippen LogP contribution < -0.4 is 5.32 Å². The van der Waals surface area contributed by atoms with Gasteiger partial charge >= 0.3 is 0 Å². The largest absolute Gasteiger partial charge is 0.356 e. The first-order chi connectivity index (χ1) is 13.1. The second-order valence-electron chi connectivity index (χ2n) is 7.25. The minimum atomic E-state index is 0.0218. The van der Waals surface area contributed by atoms with E-state index in [1.807, 2.05) is 12.1 Å². The molecule has 3 rings (SSSR count). The Morgan fingerprint density at radius 1 is 1.30 bits per heavy atom. The Morgan fingerprint density at radius 2 is 2.04 bits per heavy atom. The molecule has 0 saturated carbocycles. The molecule has 1 aromatic heterocycles. The number of aryl methyl sites for hydroxylation is 1. The quantitative estimate of drug-likeness (QED) is 0.698. The van der Waals surface area contributed by atoms with E-state index in [-0.39, 0.29) is 5.91 Å². The van der Waals surface area contributed by atoms with Crippen LogP contribution in [-0.4, -0.2) is 47.1 Å². The highest BCUT2D eigenvalue weighted by atomic mass is 35.5. The first kappa shape index (κ1) is 19.8. The Balaban J connectivity index is 1.33. The van der Waals surface area contributed by atoms with E-state index in [1.165, 1.54) is 25.9 Å². The molecule has 0 unspecified atom stereocenters. The third kappa shape index (κ3) is 6.33. The van der Waals surface area contributed by atoms with Gasteiger partial charge in [0.05, 0.1) is 0 Å². The van der Waals surface area contributed by atoms with E-state index in [9.17, 15) is 4.79 Å². The van der Waals surface area contributed by atoms with Crippen molar-refractivity contribution < 1.29 is 9.32 Å². The summed E-state index contributed by atoms with van der Waals surface area (Å²) in [6.45, 7) is 6.45. The van der Waals surface area contributed by atoms with Crippen molar-refractivity contribution in [1.82, 2.24) is 20.4 Å². The number of benzene rings is 1. The first-order valence-electron chi connectivity index (χ1n) is 9.68. The zero-order valence-electron chi connectivity index (χ0n) is 15.8. The van der Waals surface area contributed by atoms with Crippen LogP contribution in [-0.2, 0) is 11.2 Å². The number of piperidine rings is 1. The summed E-state index contributed by atoms with van der Waals surface area (Å²) in [5.41, 5.74) is 0.839. The molecule has 1 aromatic carbocycles. The lowest BCUT2D eigenvalue weighted by molar-refractivity contribution is -0.121. The van der Waals surface area contributed by atoms with Gasteiger partial charge in [-0.1, -0.05) is 23.7 Å². The molecule has 6 nitrogen and oxygen atoms in total. The summed E-state index contributed by atoms with van der Waals surface area (Å²) in [5.74, 6) is 1.86. The lowest BCUT2D eigenvalue weighted by Crippen LogP contribution is -2.35. The fraction of sp³-hybridized carbons (Fsp3) is 0.550. The highest BCUT2D eigenvalue weighted by Crippen LogP contribution is 2.19. The van der Waals surface area contributed by atoms with Crippen LogP contribution in [0.2, 0.25) is 5.02 Å². The third-order valence-corrected chi connectivity index (χ3v) is 5.24. The van der Waals surface area contributed by atoms with Crippen LogP contribution in [0.25, 0.3) is 11.4 Å². The Bertz CT molecular complexity index is 724. The molecule has 27 heavy (non-hydrogen) atoms. The van der Waals surface area contributed by atoms with Crippen LogP contribution in [0, 0.1) is 5.92 Å². The van der Waals surface area contributed by atoms with Gasteiger partial charge in [-0.2, -0.15) is 4.98 Å². The highest BCUT2D eigenvalue weighted by molar-refractivity contribution is 6.30. The van der Waals surface area contributed by atoms with Gasteiger partial charge in [-0.15, -0.1) is 0 Å². The Hall–Kier alpha value is -1.92. The number of nitrogens with zero attached hydrogens (tertiary/aromatic N) is 3. The van der Waals surface area contributed by atoms with Crippen molar-refractivity contribution >= 4 is 17.5 Å². The van der Waals surface area contributed by atoms with Gasteiger partial charge in [0.1, 0.15) is 0 Å². The second-order valence-corrected chi connectivity index (χ2v) is 7.68. The van der Waals surface area contributed by atoms with E-state index in [0.29, 0.717) is 36.1 Å². The fourth-order valence-corrected chi connectivity index (χ4v) is 3.32.